The van der Waals surface area contributed by atoms with Gasteiger partial charge < -0.3 is 19.7 Å². The minimum atomic E-state index is -0.243. The summed E-state index contributed by atoms with van der Waals surface area (Å²) in [5.74, 6) is 0.728. The Hall–Kier alpha value is -2.15. The van der Waals surface area contributed by atoms with Gasteiger partial charge in [-0.05, 0) is 25.3 Å². The van der Waals surface area contributed by atoms with Crippen molar-refractivity contribution in [3.8, 4) is 5.88 Å². The Bertz CT molecular complexity index is 581. The highest BCUT2D eigenvalue weighted by atomic mass is 16.5. The largest absolute Gasteiger partial charge is 0.470 e. The lowest BCUT2D eigenvalue weighted by molar-refractivity contribution is -0.128. The van der Waals surface area contributed by atoms with Gasteiger partial charge in [0.15, 0.2) is 0 Å². The average molecular weight is 347 g/mol. The summed E-state index contributed by atoms with van der Waals surface area (Å²) in [6.07, 6.45) is 4.82. The zero-order valence-electron chi connectivity index (χ0n) is 14.4. The normalized spacial score (nSPS) is 23.5. The second-order valence-electron chi connectivity index (χ2n) is 6.45. The van der Waals surface area contributed by atoms with E-state index in [2.05, 4.69) is 10.3 Å². The van der Waals surface area contributed by atoms with E-state index in [4.69, 9.17) is 9.47 Å². The topological polar surface area (TPSA) is 80.8 Å². The molecule has 0 aliphatic carbocycles. The van der Waals surface area contributed by atoms with Crippen molar-refractivity contribution in [1.29, 1.82) is 0 Å². The van der Waals surface area contributed by atoms with E-state index in [9.17, 15) is 9.59 Å². The number of rotatable bonds is 7. The summed E-state index contributed by atoms with van der Waals surface area (Å²) in [7, 11) is 0. The molecule has 7 nitrogen and oxygen atoms in total. The molecule has 2 fully saturated rings. The summed E-state index contributed by atoms with van der Waals surface area (Å²) in [5, 5.41) is 3.05. The Balaban J connectivity index is 1.44. The molecule has 0 aromatic carbocycles. The standard InChI is InChI=1S/C18H25N3O4/c22-16(5-3-10-21-11-4-7-18(21)23)20-14-8-12-24-13-15(14)25-17-6-1-2-9-19-17/h1-2,6,9,14-15H,3-5,7-8,10-13H2,(H,20,22)/t14-,15-/m1/s1. The molecule has 7 heteroatoms. The average Bonchev–Trinajstić information content (AvgIpc) is 3.03. The lowest BCUT2D eigenvalue weighted by Crippen LogP contribution is -2.51. The first-order chi connectivity index (χ1) is 12.2. The van der Waals surface area contributed by atoms with Gasteiger partial charge >= 0.3 is 0 Å². The summed E-state index contributed by atoms with van der Waals surface area (Å²) in [6, 6.07) is 5.39. The van der Waals surface area contributed by atoms with Crippen molar-refractivity contribution < 1.29 is 19.1 Å². The van der Waals surface area contributed by atoms with Gasteiger partial charge in [0.05, 0.1) is 12.6 Å². The van der Waals surface area contributed by atoms with Crippen molar-refractivity contribution in [2.45, 2.75) is 44.2 Å². The third-order valence-corrected chi connectivity index (χ3v) is 4.56. The first-order valence-electron chi connectivity index (χ1n) is 8.95. The van der Waals surface area contributed by atoms with E-state index >= 15 is 0 Å². The number of carbonyl (C=O) groups is 2. The van der Waals surface area contributed by atoms with E-state index in [-0.39, 0.29) is 24.0 Å². The maximum Gasteiger partial charge on any atom is 0.222 e. The Labute approximate surface area is 147 Å². The number of ether oxygens (including phenoxy) is 2. The van der Waals surface area contributed by atoms with Crippen LogP contribution in [0.1, 0.15) is 32.1 Å². The number of likely N-dealkylation sites (tertiary alicyclic amines) is 1. The summed E-state index contributed by atoms with van der Waals surface area (Å²) < 4.78 is 11.3. The predicted octanol–water partition coefficient (Wildman–Crippen LogP) is 1.14. The van der Waals surface area contributed by atoms with Gasteiger partial charge in [-0.15, -0.1) is 0 Å². The monoisotopic (exact) mass is 347 g/mol. The van der Waals surface area contributed by atoms with E-state index < -0.39 is 0 Å². The summed E-state index contributed by atoms with van der Waals surface area (Å²) in [5.41, 5.74) is 0. The van der Waals surface area contributed by atoms with Crippen LogP contribution in [0.2, 0.25) is 0 Å². The van der Waals surface area contributed by atoms with E-state index in [0.29, 0.717) is 51.3 Å². The molecule has 2 aliphatic rings. The van der Waals surface area contributed by atoms with E-state index in [0.717, 1.165) is 13.0 Å². The van der Waals surface area contributed by atoms with Crippen molar-refractivity contribution in [1.82, 2.24) is 15.2 Å². The zero-order valence-corrected chi connectivity index (χ0v) is 14.4. The number of hydrogen-bond donors (Lipinski definition) is 1. The molecule has 136 valence electrons. The fraction of sp³-hybridized carbons (Fsp3) is 0.611. The first kappa shape index (κ1) is 17.7. The summed E-state index contributed by atoms with van der Waals surface area (Å²) in [6.45, 7) is 2.52. The second-order valence-corrected chi connectivity index (χ2v) is 6.45. The lowest BCUT2D eigenvalue weighted by atomic mass is 10.1. The van der Waals surface area contributed by atoms with Gasteiger partial charge in [0.1, 0.15) is 6.10 Å². The lowest BCUT2D eigenvalue weighted by Gasteiger charge is -2.32. The molecular weight excluding hydrogens is 322 g/mol. The van der Waals surface area contributed by atoms with Gasteiger partial charge in [-0.1, -0.05) is 6.07 Å². The molecular formula is C18H25N3O4. The van der Waals surface area contributed by atoms with Crippen LogP contribution >= 0.6 is 0 Å². The van der Waals surface area contributed by atoms with Crippen LogP contribution in [0.25, 0.3) is 0 Å². The molecule has 1 aromatic rings. The molecule has 1 aromatic heterocycles. The van der Waals surface area contributed by atoms with Gasteiger partial charge in [-0.2, -0.15) is 0 Å². The van der Waals surface area contributed by atoms with Gasteiger partial charge in [0, 0.05) is 44.8 Å². The summed E-state index contributed by atoms with van der Waals surface area (Å²) in [4.78, 5) is 29.8. The predicted molar refractivity (Wildman–Crippen MR) is 91.1 cm³/mol. The number of nitrogens with zero attached hydrogens (tertiary/aromatic N) is 2. The van der Waals surface area contributed by atoms with Crippen molar-refractivity contribution >= 4 is 11.8 Å². The number of aromatic nitrogens is 1. The molecule has 0 unspecified atom stereocenters. The second kappa shape index (κ2) is 8.80. The number of amides is 2. The molecule has 0 radical (unpaired) electrons. The van der Waals surface area contributed by atoms with Crippen LogP contribution in [0.3, 0.4) is 0 Å². The molecule has 1 N–H and O–H groups in total. The third-order valence-electron chi connectivity index (χ3n) is 4.56. The van der Waals surface area contributed by atoms with Gasteiger partial charge in [-0.3, -0.25) is 9.59 Å². The molecule has 3 heterocycles. The quantitative estimate of drug-likeness (QED) is 0.800. The molecule has 3 rings (SSSR count). The molecule has 0 spiro atoms. The van der Waals surface area contributed by atoms with Gasteiger partial charge in [-0.25, -0.2) is 4.98 Å². The van der Waals surface area contributed by atoms with Crippen molar-refractivity contribution in [2.75, 3.05) is 26.3 Å². The SMILES string of the molecule is O=C(CCCN1CCCC1=O)N[C@@H]1CCOC[C@H]1Oc1ccccn1. The Morgan fingerprint density at radius 2 is 2.36 bits per heavy atom. The molecule has 2 amide bonds. The van der Waals surface area contributed by atoms with Crippen LogP contribution in [0.4, 0.5) is 0 Å². The maximum atomic E-state index is 12.2. The molecule has 0 bridgehead atoms. The number of pyridine rings is 1. The Kier molecular flexibility index (Phi) is 6.22. The minimum absolute atomic E-state index is 0.00633. The van der Waals surface area contributed by atoms with Crippen molar-refractivity contribution in [2.24, 2.45) is 0 Å². The molecule has 0 saturated carbocycles. The van der Waals surface area contributed by atoms with Crippen molar-refractivity contribution in [3.05, 3.63) is 24.4 Å². The van der Waals surface area contributed by atoms with Crippen LogP contribution in [-0.4, -0.2) is 60.1 Å². The highest BCUT2D eigenvalue weighted by Gasteiger charge is 2.29. The molecule has 2 saturated heterocycles. The van der Waals surface area contributed by atoms with E-state index in [1.807, 2.05) is 17.0 Å². The van der Waals surface area contributed by atoms with Crippen LogP contribution in [0, 0.1) is 0 Å². The van der Waals surface area contributed by atoms with E-state index in [1.54, 1.807) is 12.3 Å². The fourth-order valence-electron chi connectivity index (χ4n) is 3.21. The fourth-order valence-corrected chi connectivity index (χ4v) is 3.21. The van der Waals surface area contributed by atoms with Crippen LogP contribution in [0.5, 0.6) is 5.88 Å². The molecule has 2 aliphatic heterocycles. The maximum absolute atomic E-state index is 12.2. The number of hydrogen-bond acceptors (Lipinski definition) is 5. The van der Waals surface area contributed by atoms with Crippen LogP contribution in [0.15, 0.2) is 24.4 Å². The Morgan fingerprint density at radius 3 is 3.12 bits per heavy atom. The number of carbonyl (C=O) groups excluding carboxylic acids is 2. The number of nitrogens with one attached hydrogen (secondary N) is 1. The smallest absolute Gasteiger partial charge is 0.222 e. The van der Waals surface area contributed by atoms with Gasteiger partial charge in [0.2, 0.25) is 17.7 Å². The third kappa shape index (κ3) is 5.16. The molecule has 2 atom stereocenters. The van der Waals surface area contributed by atoms with E-state index in [1.165, 1.54) is 0 Å². The first-order valence-corrected chi connectivity index (χ1v) is 8.95. The van der Waals surface area contributed by atoms with Gasteiger partial charge in [0.25, 0.3) is 0 Å². The van der Waals surface area contributed by atoms with Crippen molar-refractivity contribution in [3.63, 3.8) is 0 Å². The van der Waals surface area contributed by atoms with Crippen LogP contribution in [-0.2, 0) is 14.3 Å². The Morgan fingerprint density at radius 1 is 1.44 bits per heavy atom. The molecule has 25 heavy (non-hydrogen) atoms. The summed E-state index contributed by atoms with van der Waals surface area (Å²) >= 11 is 0. The zero-order chi connectivity index (χ0) is 17.5. The highest BCUT2D eigenvalue weighted by Crippen LogP contribution is 2.16. The van der Waals surface area contributed by atoms with Crippen LogP contribution < -0.4 is 10.1 Å². The minimum Gasteiger partial charge on any atom is -0.470 e. The highest BCUT2D eigenvalue weighted by molar-refractivity contribution is 5.78.